The maximum atomic E-state index is 12.9. The Hall–Kier alpha value is -3.81. The highest BCUT2D eigenvalue weighted by molar-refractivity contribution is 5.67. The number of alkyl carbamates (subject to hydrolysis) is 1. The van der Waals surface area contributed by atoms with Gasteiger partial charge in [0, 0.05) is 13.0 Å². The second-order valence-corrected chi connectivity index (χ2v) is 21.0. The van der Waals surface area contributed by atoms with E-state index in [2.05, 4.69) is 75.5 Å². The van der Waals surface area contributed by atoms with Crippen LogP contribution in [0.1, 0.15) is 160 Å². The van der Waals surface area contributed by atoms with E-state index in [1.54, 1.807) is 19.8 Å². The quantitative estimate of drug-likeness (QED) is 0.0594. The molecule has 7 heteroatoms. The van der Waals surface area contributed by atoms with Crippen LogP contribution in [0.2, 0.25) is 0 Å². The lowest BCUT2D eigenvalue weighted by Crippen LogP contribution is -2.50. The van der Waals surface area contributed by atoms with Gasteiger partial charge < -0.3 is 29.4 Å². The van der Waals surface area contributed by atoms with Gasteiger partial charge in [-0.25, -0.2) is 4.79 Å². The van der Waals surface area contributed by atoms with Gasteiger partial charge in [0.15, 0.2) is 0 Å². The number of rotatable bonds is 22. The molecule has 3 aromatic carbocycles. The molecular formula is C57H81NO6. The molecule has 4 aliphatic rings. The van der Waals surface area contributed by atoms with E-state index in [0.717, 1.165) is 116 Å². The number of amides is 1. The molecule has 350 valence electrons. The van der Waals surface area contributed by atoms with Crippen molar-refractivity contribution in [2.45, 2.75) is 161 Å². The van der Waals surface area contributed by atoms with Crippen LogP contribution in [0.5, 0.6) is 11.5 Å². The van der Waals surface area contributed by atoms with Crippen LogP contribution >= 0.6 is 0 Å². The molecule has 0 spiro atoms. The summed E-state index contributed by atoms with van der Waals surface area (Å²) in [4.78, 5) is 12.9. The van der Waals surface area contributed by atoms with Crippen LogP contribution in [-0.4, -0.2) is 50.8 Å². The monoisotopic (exact) mass is 876 g/mol. The van der Waals surface area contributed by atoms with E-state index >= 15 is 0 Å². The lowest BCUT2D eigenvalue weighted by molar-refractivity contribution is -0.0519. The van der Waals surface area contributed by atoms with Gasteiger partial charge in [-0.1, -0.05) is 132 Å². The van der Waals surface area contributed by atoms with Crippen molar-refractivity contribution >= 4 is 6.09 Å². The maximum absolute atomic E-state index is 12.9. The topological polar surface area (TPSA) is 86.2 Å². The number of ether oxygens (including phenoxy) is 4. The van der Waals surface area contributed by atoms with Crippen molar-refractivity contribution in [1.82, 2.24) is 5.32 Å². The third-order valence-corrected chi connectivity index (χ3v) is 16.8. The highest BCUT2D eigenvalue weighted by Crippen LogP contribution is 2.67. The highest BCUT2D eigenvalue weighted by Gasteiger charge is 2.58. The third-order valence-electron chi connectivity index (χ3n) is 16.8. The zero-order chi connectivity index (χ0) is 45.2. The van der Waals surface area contributed by atoms with Crippen LogP contribution in [0.3, 0.4) is 0 Å². The molecular weight excluding hydrogens is 795 g/mol. The summed E-state index contributed by atoms with van der Waals surface area (Å²) < 4.78 is 23.9. The second-order valence-electron chi connectivity index (χ2n) is 21.0. The summed E-state index contributed by atoms with van der Waals surface area (Å²) in [5, 5.41) is 14.1. The molecule has 0 aliphatic heterocycles. The van der Waals surface area contributed by atoms with Crippen molar-refractivity contribution in [3.8, 4) is 11.5 Å². The van der Waals surface area contributed by atoms with Crippen LogP contribution in [0.15, 0.2) is 90.5 Å². The number of fused-ring (bicyclic) bond motifs is 5. The first-order chi connectivity index (χ1) is 31.0. The molecule has 7 nitrogen and oxygen atoms in total. The standard InChI is InChI=1S/C57H81NO6/c1-41(2)16-15-19-42-26-32-52-51-31-25-46-40-50(33-36-56(46,4)53(51)34-37-55(42,52)3)64-54(60)58-38-14-9-7-8-13-20-47(59)35-39-63-57(43-17-11-10-12-18-43,44-21-27-48(61-5)28-22-44)45-23-29-49(62-6)30-24-45/h10-12,17-18,21-25,27-30,41-42,47,50-53,59H,7-9,13-16,19-20,26,31-40H2,1-6H3,(H,58,60)/t42?,47?,50-,51?,52?,53?,55+,56-/m1/s1. The predicted molar refractivity (Wildman–Crippen MR) is 259 cm³/mol. The molecule has 0 heterocycles. The zero-order valence-electron chi connectivity index (χ0n) is 40.3. The fourth-order valence-corrected chi connectivity index (χ4v) is 13.1. The molecule has 0 aromatic heterocycles. The fourth-order valence-electron chi connectivity index (χ4n) is 13.1. The first kappa shape index (κ1) is 48.1. The third kappa shape index (κ3) is 10.9. The highest BCUT2D eigenvalue weighted by atomic mass is 16.6. The van der Waals surface area contributed by atoms with Crippen LogP contribution < -0.4 is 14.8 Å². The number of aliphatic hydroxyl groups excluding tert-OH is 1. The van der Waals surface area contributed by atoms with Gasteiger partial charge in [-0.2, -0.15) is 0 Å². The lowest BCUT2D eigenvalue weighted by atomic mass is 9.47. The number of hydrogen-bond donors (Lipinski definition) is 2. The molecule has 8 atom stereocenters. The van der Waals surface area contributed by atoms with Crippen molar-refractivity contribution < 1.29 is 28.8 Å². The average molecular weight is 876 g/mol. The summed E-state index contributed by atoms with van der Waals surface area (Å²) in [6.45, 7) is 11.0. The minimum Gasteiger partial charge on any atom is -0.497 e. The van der Waals surface area contributed by atoms with Crippen LogP contribution in [0.25, 0.3) is 0 Å². The van der Waals surface area contributed by atoms with Gasteiger partial charge in [-0.15, -0.1) is 0 Å². The van der Waals surface area contributed by atoms with Gasteiger partial charge in [-0.3, -0.25) is 0 Å². The van der Waals surface area contributed by atoms with Gasteiger partial charge in [0.1, 0.15) is 23.2 Å². The van der Waals surface area contributed by atoms with Crippen molar-refractivity contribution in [2.75, 3.05) is 27.4 Å². The average Bonchev–Trinajstić information content (AvgIpc) is 3.65. The Bertz CT molecular complexity index is 1880. The molecule has 2 N–H and O–H groups in total. The van der Waals surface area contributed by atoms with Gasteiger partial charge in [0.05, 0.1) is 26.9 Å². The first-order valence-corrected chi connectivity index (χ1v) is 25.3. The molecule has 0 radical (unpaired) electrons. The molecule has 64 heavy (non-hydrogen) atoms. The van der Waals surface area contributed by atoms with Crippen molar-refractivity contribution in [2.24, 2.45) is 40.4 Å². The van der Waals surface area contributed by atoms with Gasteiger partial charge in [0.2, 0.25) is 0 Å². The lowest BCUT2D eigenvalue weighted by Gasteiger charge is -2.58. The molecule has 4 aliphatic carbocycles. The molecule has 5 unspecified atom stereocenters. The summed E-state index contributed by atoms with van der Waals surface area (Å²) in [5.41, 5.74) is 4.46. The molecule has 1 amide bonds. The van der Waals surface area contributed by atoms with E-state index in [9.17, 15) is 9.90 Å². The maximum Gasteiger partial charge on any atom is 0.407 e. The minimum absolute atomic E-state index is 0.0157. The van der Waals surface area contributed by atoms with E-state index in [1.807, 2.05) is 42.5 Å². The number of methoxy groups -OCH3 is 2. The molecule has 3 fully saturated rings. The van der Waals surface area contributed by atoms with Crippen LogP contribution in [-0.2, 0) is 15.1 Å². The van der Waals surface area contributed by atoms with Gasteiger partial charge in [-0.05, 0) is 152 Å². The van der Waals surface area contributed by atoms with Crippen molar-refractivity contribution in [3.63, 3.8) is 0 Å². The number of allylic oxidation sites excluding steroid dienone is 1. The van der Waals surface area contributed by atoms with E-state index in [4.69, 9.17) is 18.9 Å². The SMILES string of the molecule is COc1ccc(C(OCCC(O)CCCCCCCNC(=O)O[C@@H]2CC[C@]3(C)C(=CCC4C5CCC(CCCC(C)C)[C@]5(C)CCC43)C2)(c2ccccc2)c2ccc(OC)cc2)cc1. The molecule has 3 saturated carbocycles. The molecule has 0 saturated heterocycles. The zero-order valence-corrected chi connectivity index (χ0v) is 40.3. The van der Waals surface area contributed by atoms with E-state index in [-0.39, 0.29) is 17.6 Å². The van der Waals surface area contributed by atoms with Gasteiger partial charge in [0.25, 0.3) is 0 Å². The number of nitrogens with one attached hydrogen (secondary N) is 1. The number of hydrogen-bond acceptors (Lipinski definition) is 6. The summed E-state index contributed by atoms with van der Waals surface area (Å²) in [7, 11) is 3.34. The predicted octanol–water partition coefficient (Wildman–Crippen LogP) is 13.6. The van der Waals surface area contributed by atoms with Crippen molar-refractivity contribution in [1.29, 1.82) is 0 Å². The number of unbranched alkanes of at least 4 members (excludes halogenated alkanes) is 4. The Kier molecular flexibility index (Phi) is 16.6. The van der Waals surface area contributed by atoms with E-state index in [0.29, 0.717) is 25.0 Å². The number of benzene rings is 3. The van der Waals surface area contributed by atoms with Crippen LogP contribution in [0, 0.1) is 40.4 Å². The summed E-state index contributed by atoms with van der Waals surface area (Å²) in [6, 6.07) is 26.4. The van der Waals surface area contributed by atoms with Crippen LogP contribution in [0.4, 0.5) is 4.79 Å². The minimum atomic E-state index is -0.890. The Balaban J connectivity index is 0.803. The summed E-state index contributed by atoms with van der Waals surface area (Å²) >= 11 is 0. The first-order valence-electron chi connectivity index (χ1n) is 25.3. The van der Waals surface area contributed by atoms with E-state index in [1.165, 1.54) is 51.4 Å². The molecule has 3 aromatic rings. The molecule has 0 bridgehead atoms. The Labute approximate surface area is 386 Å². The van der Waals surface area contributed by atoms with Gasteiger partial charge >= 0.3 is 6.09 Å². The number of carbonyl (C=O) groups excluding carboxylic acids is 1. The largest absolute Gasteiger partial charge is 0.497 e. The summed E-state index contributed by atoms with van der Waals surface area (Å²) in [5.74, 6) is 5.79. The Morgan fingerprint density at radius 1 is 0.750 bits per heavy atom. The fraction of sp³-hybridized carbons (Fsp3) is 0.632. The summed E-state index contributed by atoms with van der Waals surface area (Å²) in [6.07, 6.45) is 22.3. The Morgan fingerprint density at radius 2 is 1.41 bits per heavy atom. The Morgan fingerprint density at radius 3 is 2.08 bits per heavy atom. The number of aliphatic hydroxyl groups is 1. The van der Waals surface area contributed by atoms with Crippen molar-refractivity contribution in [3.05, 3.63) is 107 Å². The van der Waals surface area contributed by atoms with E-state index < -0.39 is 11.7 Å². The normalized spacial score (nSPS) is 26.9. The molecule has 7 rings (SSSR count). The second kappa shape index (κ2) is 22.1. The smallest absolute Gasteiger partial charge is 0.407 e. The number of carbonyl (C=O) groups is 1.